The summed E-state index contributed by atoms with van der Waals surface area (Å²) in [5.41, 5.74) is 4.37. The van der Waals surface area contributed by atoms with Crippen LogP contribution in [0.3, 0.4) is 0 Å². The molecule has 8 nitrogen and oxygen atoms in total. The van der Waals surface area contributed by atoms with Gasteiger partial charge in [-0.05, 0) is 54.1 Å². The van der Waals surface area contributed by atoms with Crippen LogP contribution >= 0.6 is 11.8 Å². The Morgan fingerprint density at radius 3 is 2.55 bits per heavy atom. The third kappa shape index (κ3) is 7.57. The average Bonchev–Trinajstić information content (AvgIpc) is 2.96. The maximum Gasteiger partial charge on any atom is 0.275 e. The molecule has 4 aromatic rings. The minimum Gasteiger partial charge on any atom is -0.497 e. The summed E-state index contributed by atoms with van der Waals surface area (Å²) in [5, 5.41) is 8.06. The molecule has 1 atom stereocenters. The minimum atomic E-state index is -0.501. The summed E-state index contributed by atoms with van der Waals surface area (Å²) in [6.07, 6.45) is 3.09. The van der Waals surface area contributed by atoms with Gasteiger partial charge in [-0.1, -0.05) is 18.2 Å². The summed E-state index contributed by atoms with van der Waals surface area (Å²) in [5.74, 6) is 0.255. The van der Waals surface area contributed by atoms with E-state index >= 15 is 0 Å². The first-order valence-corrected chi connectivity index (χ1v) is 13.5. The van der Waals surface area contributed by atoms with Crippen molar-refractivity contribution in [3.8, 4) is 5.75 Å². The maximum absolute atomic E-state index is 14.0. The SMILES string of the molecule is COc1ccc(/C=N/NC(=O)c2cnc3cc(F)ccc3c2NC(CSc2ccccc2)CC(=O)N(C)C)cc1. The van der Waals surface area contributed by atoms with Gasteiger partial charge in [0, 0.05) is 54.9 Å². The molecule has 1 unspecified atom stereocenters. The van der Waals surface area contributed by atoms with E-state index in [0.29, 0.717) is 28.1 Å². The molecule has 10 heteroatoms. The van der Waals surface area contributed by atoms with Gasteiger partial charge >= 0.3 is 0 Å². The Kier molecular flexibility index (Phi) is 9.69. The summed E-state index contributed by atoms with van der Waals surface area (Å²) in [4.78, 5) is 32.9. The second-order valence-corrected chi connectivity index (χ2v) is 10.2. The quantitative estimate of drug-likeness (QED) is 0.149. The molecule has 3 aromatic carbocycles. The summed E-state index contributed by atoms with van der Waals surface area (Å²) in [7, 11) is 4.99. The predicted octanol–water partition coefficient (Wildman–Crippen LogP) is 5.20. The zero-order valence-electron chi connectivity index (χ0n) is 22.4. The minimum absolute atomic E-state index is 0.0642. The van der Waals surface area contributed by atoms with Crippen LogP contribution in [0.25, 0.3) is 10.9 Å². The lowest BCUT2D eigenvalue weighted by Gasteiger charge is -2.23. The molecule has 0 fully saturated rings. The summed E-state index contributed by atoms with van der Waals surface area (Å²) < 4.78 is 19.2. The summed E-state index contributed by atoms with van der Waals surface area (Å²) in [6.45, 7) is 0. The van der Waals surface area contributed by atoms with Crippen LogP contribution in [-0.4, -0.2) is 60.9 Å². The molecule has 2 N–H and O–H groups in total. The zero-order chi connectivity index (χ0) is 28.5. The number of rotatable bonds is 11. The standard InChI is InChI=1S/C30H30FN5O3S/c1-36(2)28(37)16-22(19-40-24-7-5-4-6-8-24)34-29-25-14-11-21(31)15-27(25)32-18-26(29)30(38)35-33-17-20-9-12-23(39-3)13-10-20/h4-15,17-18,22H,16,19H2,1-3H3,(H,32,34)(H,35,38)/b33-17+. The number of nitrogens with one attached hydrogen (secondary N) is 2. The second kappa shape index (κ2) is 13.6. The summed E-state index contributed by atoms with van der Waals surface area (Å²) >= 11 is 1.60. The van der Waals surface area contributed by atoms with E-state index in [2.05, 4.69) is 20.8 Å². The van der Waals surface area contributed by atoms with Crippen molar-refractivity contribution in [1.29, 1.82) is 0 Å². The topological polar surface area (TPSA) is 95.9 Å². The number of halogens is 1. The molecule has 0 radical (unpaired) electrons. The number of benzene rings is 3. The van der Waals surface area contributed by atoms with Crippen LogP contribution in [0.15, 0.2) is 89.0 Å². The van der Waals surface area contributed by atoms with Crippen LogP contribution in [0.1, 0.15) is 22.3 Å². The number of nitrogens with zero attached hydrogens (tertiary/aromatic N) is 3. The lowest BCUT2D eigenvalue weighted by molar-refractivity contribution is -0.128. The molecular formula is C30H30FN5O3S. The van der Waals surface area contributed by atoms with E-state index in [1.165, 1.54) is 29.4 Å². The number of carbonyl (C=O) groups is 2. The Morgan fingerprint density at radius 1 is 1.10 bits per heavy atom. The molecule has 40 heavy (non-hydrogen) atoms. The smallest absolute Gasteiger partial charge is 0.275 e. The monoisotopic (exact) mass is 559 g/mol. The van der Waals surface area contributed by atoms with Crippen molar-refractivity contribution in [2.24, 2.45) is 5.10 Å². The first-order chi connectivity index (χ1) is 19.3. The third-order valence-electron chi connectivity index (χ3n) is 6.03. The van der Waals surface area contributed by atoms with E-state index in [0.717, 1.165) is 10.5 Å². The van der Waals surface area contributed by atoms with Crippen molar-refractivity contribution in [2.45, 2.75) is 17.4 Å². The van der Waals surface area contributed by atoms with Crippen LogP contribution in [0, 0.1) is 5.82 Å². The number of hydrogen-bond donors (Lipinski definition) is 2. The molecule has 0 bridgehead atoms. The molecular weight excluding hydrogens is 529 g/mol. The Bertz CT molecular complexity index is 1500. The molecule has 0 aliphatic heterocycles. The largest absolute Gasteiger partial charge is 0.497 e. The van der Waals surface area contributed by atoms with E-state index in [1.54, 1.807) is 51.2 Å². The van der Waals surface area contributed by atoms with Gasteiger partial charge in [0.2, 0.25) is 5.91 Å². The van der Waals surface area contributed by atoms with E-state index < -0.39 is 11.7 Å². The van der Waals surface area contributed by atoms with Crippen molar-refractivity contribution in [2.75, 3.05) is 32.3 Å². The number of anilines is 1. The fourth-order valence-corrected chi connectivity index (χ4v) is 4.82. The fraction of sp³-hybridized carbons (Fsp3) is 0.200. The number of amides is 2. The molecule has 0 saturated heterocycles. The highest BCUT2D eigenvalue weighted by molar-refractivity contribution is 7.99. The number of fused-ring (bicyclic) bond motifs is 1. The molecule has 0 aliphatic rings. The molecule has 0 aliphatic carbocycles. The Morgan fingerprint density at radius 2 is 1.85 bits per heavy atom. The molecule has 206 valence electrons. The molecule has 4 rings (SSSR count). The van der Waals surface area contributed by atoms with Crippen LogP contribution in [0.4, 0.5) is 10.1 Å². The number of hydrogen-bond acceptors (Lipinski definition) is 7. The second-order valence-electron chi connectivity index (χ2n) is 9.14. The fourth-order valence-electron chi connectivity index (χ4n) is 3.87. The zero-order valence-corrected chi connectivity index (χ0v) is 23.2. The highest BCUT2D eigenvalue weighted by Gasteiger charge is 2.22. The Balaban J connectivity index is 1.63. The van der Waals surface area contributed by atoms with Crippen molar-refractivity contribution >= 4 is 46.4 Å². The lowest BCUT2D eigenvalue weighted by atomic mass is 10.1. The van der Waals surface area contributed by atoms with Crippen LogP contribution in [-0.2, 0) is 4.79 Å². The maximum atomic E-state index is 14.0. The molecule has 0 saturated carbocycles. The molecule has 1 heterocycles. The summed E-state index contributed by atoms with van der Waals surface area (Å²) in [6, 6.07) is 20.9. The van der Waals surface area contributed by atoms with E-state index in [4.69, 9.17) is 4.74 Å². The number of thioether (sulfide) groups is 1. The highest BCUT2D eigenvalue weighted by atomic mass is 32.2. The van der Waals surface area contributed by atoms with E-state index in [9.17, 15) is 14.0 Å². The van der Waals surface area contributed by atoms with Crippen LogP contribution in [0.2, 0.25) is 0 Å². The number of methoxy groups -OCH3 is 1. The normalized spacial score (nSPS) is 11.8. The number of hydrazone groups is 1. The first kappa shape index (κ1) is 28.6. The van der Waals surface area contributed by atoms with Crippen molar-refractivity contribution in [3.63, 3.8) is 0 Å². The van der Waals surface area contributed by atoms with E-state index in [1.807, 2.05) is 42.5 Å². The highest BCUT2D eigenvalue weighted by Crippen LogP contribution is 2.29. The lowest BCUT2D eigenvalue weighted by Crippen LogP contribution is -2.33. The first-order valence-electron chi connectivity index (χ1n) is 12.5. The van der Waals surface area contributed by atoms with Gasteiger partial charge in [0.05, 0.1) is 30.1 Å². The van der Waals surface area contributed by atoms with Gasteiger partial charge in [-0.3, -0.25) is 14.6 Å². The van der Waals surface area contributed by atoms with Crippen molar-refractivity contribution in [1.82, 2.24) is 15.3 Å². The van der Waals surface area contributed by atoms with Gasteiger partial charge < -0.3 is 15.0 Å². The molecule has 1 aromatic heterocycles. The van der Waals surface area contributed by atoms with Gasteiger partial charge in [0.15, 0.2) is 0 Å². The predicted molar refractivity (Wildman–Crippen MR) is 158 cm³/mol. The average molecular weight is 560 g/mol. The van der Waals surface area contributed by atoms with Gasteiger partial charge in [-0.2, -0.15) is 5.10 Å². The van der Waals surface area contributed by atoms with E-state index in [-0.39, 0.29) is 23.9 Å². The van der Waals surface area contributed by atoms with Gasteiger partial charge in [-0.15, -0.1) is 11.8 Å². The van der Waals surface area contributed by atoms with Gasteiger partial charge in [0.25, 0.3) is 5.91 Å². The number of ether oxygens (including phenoxy) is 1. The number of pyridine rings is 1. The molecule has 0 spiro atoms. The number of aromatic nitrogens is 1. The van der Waals surface area contributed by atoms with Crippen molar-refractivity contribution < 1.29 is 18.7 Å². The van der Waals surface area contributed by atoms with Crippen LogP contribution in [0.5, 0.6) is 5.75 Å². The van der Waals surface area contributed by atoms with Crippen LogP contribution < -0.4 is 15.5 Å². The van der Waals surface area contributed by atoms with Gasteiger partial charge in [0.1, 0.15) is 11.6 Å². The third-order valence-corrected chi connectivity index (χ3v) is 7.21. The molecule has 2 amide bonds. The van der Waals surface area contributed by atoms with Crippen molar-refractivity contribution in [3.05, 3.63) is 95.9 Å². The Hall–Kier alpha value is -4.44. The Labute approximate surface area is 236 Å². The van der Waals surface area contributed by atoms with Gasteiger partial charge in [-0.25, -0.2) is 9.82 Å². The number of carbonyl (C=O) groups excluding carboxylic acids is 2.